The molecule has 0 aromatic carbocycles. The second kappa shape index (κ2) is 8.24. The number of alkyl halides is 2. The van der Waals surface area contributed by atoms with E-state index in [1.54, 1.807) is 6.20 Å². The molecule has 8 nitrogen and oxygen atoms in total. The highest BCUT2D eigenvalue weighted by atomic mass is 19.3. The Labute approximate surface area is 165 Å². The summed E-state index contributed by atoms with van der Waals surface area (Å²) in [6.45, 7) is 0.882. The quantitative estimate of drug-likeness (QED) is 0.562. The van der Waals surface area contributed by atoms with Gasteiger partial charge in [0.15, 0.2) is 5.78 Å². The molecule has 0 spiro atoms. The SMILES string of the molecule is COc1nc(CC(=O)c2ccn(CC(F)F)n2)cn2cc(C3CCOCC3)nc12. The Morgan fingerprint density at radius 2 is 2.10 bits per heavy atom. The zero-order valence-corrected chi connectivity index (χ0v) is 15.9. The van der Waals surface area contributed by atoms with Gasteiger partial charge in [-0.05, 0) is 18.9 Å². The van der Waals surface area contributed by atoms with Crippen LogP contribution in [0.4, 0.5) is 8.78 Å². The van der Waals surface area contributed by atoms with E-state index in [1.165, 1.54) is 19.4 Å². The lowest BCUT2D eigenvalue weighted by atomic mass is 9.97. The molecule has 4 heterocycles. The Bertz CT molecular complexity index is 1010. The first-order valence-electron chi connectivity index (χ1n) is 9.38. The normalized spacial score (nSPS) is 15.3. The van der Waals surface area contributed by atoms with Gasteiger partial charge in [-0.1, -0.05) is 0 Å². The summed E-state index contributed by atoms with van der Waals surface area (Å²) in [7, 11) is 1.50. The maximum Gasteiger partial charge on any atom is 0.258 e. The predicted molar refractivity (Wildman–Crippen MR) is 98.6 cm³/mol. The van der Waals surface area contributed by atoms with Crippen LogP contribution >= 0.6 is 0 Å². The molecule has 29 heavy (non-hydrogen) atoms. The van der Waals surface area contributed by atoms with Crippen LogP contribution < -0.4 is 4.74 Å². The minimum absolute atomic E-state index is 0.0250. The summed E-state index contributed by atoms with van der Waals surface area (Å²) in [6.07, 6.45) is 4.30. The number of hydrogen-bond donors (Lipinski definition) is 0. The van der Waals surface area contributed by atoms with Gasteiger partial charge >= 0.3 is 0 Å². The molecule has 1 aliphatic heterocycles. The number of imidazole rings is 1. The number of fused-ring (bicyclic) bond motifs is 1. The van der Waals surface area contributed by atoms with Gasteiger partial charge in [0.25, 0.3) is 12.3 Å². The number of carbonyl (C=O) groups excluding carboxylic acids is 1. The van der Waals surface area contributed by atoms with E-state index in [0.717, 1.165) is 23.2 Å². The van der Waals surface area contributed by atoms with Gasteiger partial charge in [-0.15, -0.1) is 0 Å². The van der Waals surface area contributed by atoms with Crippen molar-refractivity contribution in [2.75, 3.05) is 20.3 Å². The Hall–Kier alpha value is -2.88. The maximum atomic E-state index is 12.5. The number of ketones is 1. The molecular weight excluding hydrogens is 384 g/mol. The third-order valence-electron chi connectivity index (χ3n) is 4.90. The number of rotatable bonds is 7. The van der Waals surface area contributed by atoms with E-state index in [1.807, 2.05) is 10.6 Å². The zero-order valence-electron chi connectivity index (χ0n) is 15.9. The lowest BCUT2D eigenvalue weighted by Crippen LogP contribution is -2.14. The Balaban J connectivity index is 1.57. The summed E-state index contributed by atoms with van der Waals surface area (Å²) in [5.74, 6) is 0.339. The number of ether oxygens (including phenoxy) is 2. The monoisotopic (exact) mass is 405 g/mol. The van der Waals surface area contributed by atoms with E-state index >= 15 is 0 Å². The molecule has 4 rings (SSSR count). The lowest BCUT2D eigenvalue weighted by molar-refractivity contribution is 0.0846. The van der Waals surface area contributed by atoms with Crippen LogP contribution in [0.15, 0.2) is 24.7 Å². The van der Waals surface area contributed by atoms with Crippen LogP contribution in [0.2, 0.25) is 0 Å². The molecule has 3 aromatic rings. The van der Waals surface area contributed by atoms with Crippen molar-refractivity contribution in [2.45, 2.75) is 38.2 Å². The largest absolute Gasteiger partial charge is 0.478 e. The highest BCUT2D eigenvalue weighted by Gasteiger charge is 2.21. The molecule has 0 atom stereocenters. The number of halogens is 2. The molecule has 3 aromatic heterocycles. The van der Waals surface area contributed by atoms with Crippen molar-refractivity contribution in [3.63, 3.8) is 0 Å². The molecule has 154 valence electrons. The Morgan fingerprint density at radius 3 is 2.83 bits per heavy atom. The molecule has 1 fully saturated rings. The van der Waals surface area contributed by atoms with Crippen molar-refractivity contribution >= 4 is 11.4 Å². The zero-order chi connectivity index (χ0) is 20.4. The standard InChI is InChI=1S/C19H21F2N5O3/c1-28-19-18-23-15(12-3-6-29-7-4-12)10-25(18)9-13(22-19)8-16(27)14-2-5-26(24-14)11-17(20)21/h2,5,9-10,12,17H,3-4,6-8,11H2,1H3. The van der Waals surface area contributed by atoms with Gasteiger partial charge in [0, 0.05) is 37.7 Å². The van der Waals surface area contributed by atoms with E-state index < -0.39 is 13.0 Å². The fourth-order valence-electron chi connectivity index (χ4n) is 3.46. The summed E-state index contributed by atoms with van der Waals surface area (Å²) in [4.78, 5) is 21.6. The summed E-state index contributed by atoms with van der Waals surface area (Å²) >= 11 is 0. The van der Waals surface area contributed by atoms with Crippen LogP contribution in [0, 0.1) is 0 Å². The van der Waals surface area contributed by atoms with Crippen LogP contribution in [-0.2, 0) is 17.7 Å². The van der Waals surface area contributed by atoms with Gasteiger partial charge in [-0.25, -0.2) is 18.7 Å². The summed E-state index contributed by atoms with van der Waals surface area (Å²) in [5, 5.41) is 3.91. The van der Waals surface area contributed by atoms with Crippen LogP contribution in [0.25, 0.3) is 5.65 Å². The molecule has 1 saturated heterocycles. The molecule has 0 radical (unpaired) electrons. The number of methoxy groups -OCH3 is 1. The van der Waals surface area contributed by atoms with Crippen molar-refractivity contribution in [1.29, 1.82) is 0 Å². The number of hydrogen-bond acceptors (Lipinski definition) is 6. The summed E-state index contributed by atoms with van der Waals surface area (Å²) in [6, 6.07) is 1.43. The topological polar surface area (TPSA) is 83.5 Å². The van der Waals surface area contributed by atoms with E-state index in [9.17, 15) is 13.6 Å². The van der Waals surface area contributed by atoms with Crippen LogP contribution in [-0.4, -0.2) is 56.7 Å². The minimum Gasteiger partial charge on any atom is -0.478 e. The summed E-state index contributed by atoms with van der Waals surface area (Å²) in [5.41, 5.74) is 2.15. The average molecular weight is 405 g/mol. The van der Waals surface area contributed by atoms with Crippen molar-refractivity contribution in [3.05, 3.63) is 41.7 Å². The lowest BCUT2D eigenvalue weighted by Gasteiger charge is -2.19. The van der Waals surface area contributed by atoms with Gasteiger partial charge in [0.1, 0.15) is 12.2 Å². The molecule has 0 saturated carbocycles. The molecule has 1 aliphatic rings. The first kappa shape index (κ1) is 19.4. The fraction of sp³-hybridized carbons (Fsp3) is 0.474. The predicted octanol–water partition coefficient (Wildman–Crippen LogP) is 2.52. The molecule has 0 bridgehead atoms. The van der Waals surface area contributed by atoms with Gasteiger partial charge in [0.2, 0.25) is 5.65 Å². The van der Waals surface area contributed by atoms with Crippen LogP contribution in [0.3, 0.4) is 0 Å². The molecule has 10 heteroatoms. The van der Waals surface area contributed by atoms with E-state index in [4.69, 9.17) is 9.47 Å². The Kier molecular flexibility index (Phi) is 5.52. The summed E-state index contributed by atoms with van der Waals surface area (Å²) < 4.78 is 38.6. The van der Waals surface area contributed by atoms with Crippen molar-refractivity contribution < 1.29 is 23.0 Å². The third-order valence-corrected chi connectivity index (χ3v) is 4.90. The van der Waals surface area contributed by atoms with Crippen molar-refractivity contribution in [3.8, 4) is 5.88 Å². The van der Waals surface area contributed by atoms with Crippen LogP contribution in [0.1, 0.15) is 40.6 Å². The molecule has 0 unspecified atom stereocenters. The average Bonchev–Trinajstić information content (AvgIpc) is 3.34. The van der Waals surface area contributed by atoms with E-state index in [2.05, 4.69) is 15.1 Å². The second-order valence-electron chi connectivity index (χ2n) is 6.94. The van der Waals surface area contributed by atoms with Gasteiger partial charge in [0.05, 0.1) is 24.9 Å². The van der Waals surface area contributed by atoms with Gasteiger partial charge in [-0.2, -0.15) is 5.10 Å². The highest BCUT2D eigenvalue weighted by Crippen LogP contribution is 2.28. The maximum absolute atomic E-state index is 12.5. The van der Waals surface area contributed by atoms with Crippen molar-refractivity contribution in [2.24, 2.45) is 0 Å². The molecule has 0 N–H and O–H groups in total. The number of aromatic nitrogens is 5. The van der Waals surface area contributed by atoms with Crippen molar-refractivity contribution in [1.82, 2.24) is 24.1 Å². The molecule has 0 amide bonds. The fourth-order valence-corrected chi connectivity index (χ4v) is 3.46. The second-order valence-corrected chi connectivity index (χ2v) is 6.94. The van der Waals surface area contributed by atoms with Gasteiger partial charge < -0.3 is 13.9 Å². The van der Waals surface area contributed by atoms with Gasteiger partial charge in [-0.3, -0.25) is 9.48 Å². The number of carbonyl (C=O) groups is 1. The smallest absolute Gasteiger partial charge is 0.258 e. The van der Waals surface area contributed by atoms with E-state index in [-0.39, 0.29) is 17.9 Å². The minimum atomic E-state index is -2.53. The first-order chi connectivity index (χ1) is 14.0. The number of nitrogens with zero attached hydrogens (tertiary/aromatic N) is 5. The Morgan fingerprint density at radius 1 is 1.31 bits per heavy atom. The number of Topliss-reactive ketones (excluding diaryl/α,β-unsaturated/α-hetero) is 1. The molecular formula is C19H21F2N5O3. The first-order valence-corrected chi connectivity index (χ1v) is 9.38. The van der Waals surface area contributed by atoms with Crippen LogP contribution in [0.5, 0.6) is 5.88 Å². The van der Waals surface area contributed by atoms with E-state index in [0.29, 0.717) is 36.4 Å². The highest BCUT2D eigenvalue weighted by molar-refractivity contribution is 5.95. The third kappa shape index (κ3) is 4.26. The molecule has 0 aliphatic carbocycles.